The number of carbonyl (C=O) groups is 1. The molecule has 2 fully saturated rings. The zero-order valence-electron chi connectivity index (χ0n) is 14.2. The summed E-state index contributed by atoms with van der Waals surface area (Å²) in [6.07, 6.45) is 2.58. The normalized spacial score (nSPS) is 23.7. The number of hydrogen-bond donors (Lipinski definition) is 2. The van der Waals surface area contributed by atoms with Crippen molar-refractivity contribution in [3.63, 3.8) is 0 Å². The van der Waals surface area contributed by atoms with Crippen molar-refractivity contribution in [2.45, 2.75) is 51.5 Å². The second-order valence-corrected chi connectivity index (χ2v) is 7.17. The average Bonchev–Trinajstić information content (AvgIpc) is 3.36. The molecule has 1 aliphatic carbocycles. The van der Waals surface area contributed by atoms with Gasteiger partial charge in [0.2, 0.25) is 0 Å². The fraction of sp³-hybridized carbons (Fsp3) is 0.556. The molecule has 3 rings (SSSR count). The number of benzene rings is 1. The quantitative estimate of drug-likeness (QED) is 0.817. The van der Waals surface area contributed by atoms with Gasteiger partial charge in [-0.1, -0.05) is 12.1 Å². The Bertz CT molecular complexity index is 591. The molecule has 1 heterocycles. The van der Waals surface area contributed by atoms with Gasteiger partial charge in [-0.15, -0.1) is 0 Å². The van der Waals surface area contributed by atoms with E-state index in [0.29, 0.717) is 30.8 Å². The molecule has 1 saturated carbocycles. The van der Waals surface area contributed by atoms with Crippen LogP contribution in [0.5, 0.6) is 0 Å². The van der Waals surface area contributed by atoms with E-state index in [1.54, 1.807) is 0 Å². The number of hydrogen-bond acceptors (Lipinski definition) is 3. The smallest absolute Gasteiger partial charge is 0.254 e. The average molecular weight is 347 g/mol. The molecule has 1 aliphatic heterocycles. The molecule has 0 radical (unpaired) electrons. The number of amides is 1. The third-order valence-corrected chi connectivity index (χ3v) is 4.54. The summed E-state index contributed by atoms with van der Waals surface area (Å²) < 4.78 is 5.69. The van der Waals surface area contributed by atoms with Gasteiger partial charge in [0.05, 0.1) is 12.2 Å². The number of thiocarbonyl (C=S) groups is 1. The van der Waals surface area contributed by atoms with Crippen LogP contribution in [-0.4, -0.2) is 47.3 Å². The molecule has 6 heteroatoms. The van der Waals surface area contributed by atoms with Crippen LogP contribution in [0.2, 0.25) is 0 Å². The fourth-order valence-corrected chi connectivity index (χ4v) is 3.18. The van der Waals surface area contributed by atoms with Crippen LogP contribution in [0.25, 0.3) is 0 Å². The van der Waals surface area contributed by atoms with Crippen LogP contribution < -0.4 is 10.6 Å². The molecule has 0 bridgehead atoms. The van der Waals surface area contributed by atoms with Crippen LogP contribution in [0.4, 0.5) is 0 Å². The van der Waals surface area contributed by atoms with Crippen molar-refractivity contribution < 1.29 is 9.53 Å². The highest BCUT2D eigenvalue weighted by atomic mass is 32.1. The first-order valence-corrected chi connectivity index (χ1v) is 9.00. The van der Waals surface area contributed by atoms with E-state index in [1.807, 2.05) is 43.0 Å². The van der Waals surface area contributed by atoms with Gasteiger partial charge < -0.3 is 20.3 Å². The predicted octanol–water partition coefficient (Wildman–Crippen LogP) is 2.06. The minimum Gasteiger partial charge on any atom is -0.372 e. The lowest BCUT2D eigenvalue weighted by atomic mass is 10.1. The van der Waals surface area contributed by atoms with E-state index in [9.17, 15) is 4.79 Å². The van der Waals surface area contributed by atoms with E-state index in [4.69, 9.17) is 17.0 Å². The zero-order valence-corrected chi connectivity index (χ0v) is 15.1. The molecule has 5 nitrogen and oxygen atoms in total. The molecule has 1 aromatic carbocycles. The van der Waals surface area contributed by atoms with E-state index >= 15 is 0 Å². The molecular formula is C18H25N3O2S. The highest BCUT2D eigenvalue weighted by Gasteiger charge is 2.26. The minimum absolute atomic E-state index is 0.0717. The number of carbonyl (C=O) groups excluding carboxylic acids is 1. The van der Waals surface area contributed by atoms with Crippen molar-refractivity contribution in [1.29, 1.82) is 0 Å². The van der Waals surface area contributed by atoms with Crippen LogP contribution in [0, 0.1) is 0 Å². The van der Waals surface area contributed by atoms with Gasteiger partial charge in [-0.25, -0.2) is 0 Å². The monoisotopic (exact) mass is 347 g/mol. The molecule has 1 amide bonds. The Morgan fingerprint density at radius 1 is 1.21 bits per heavy atom. The van der Waals surface area contributed by atoms with Crippen LogP contribution in [-0.2, 0) is 11.3 Å². The first-order valence-electron chi connectivity index (χ1n) is 8.59. The maximum Gasteiger partial charge on any atom is 0.254 e. The number of ether oxygens (including phenoxy) is 1. The third-order valence-electron chi connectivity index (χ3n) is 4.27. The molecule has 2 aliphatic rings. The van der Waals surface area contributed by atoms with Crippen LogP contribution in [0.1, 0.15) is 42.6 Å². The summed E-state index contributed by atoms with van der Waals surface area (Å²) in [5.74, 6) is 0.0717. The van der Waals surface area contributed by atoms with E-state index in [2.05, 4.69) is 10.6 Å². The van der Waals surface area contributed by atoms with E-state index in [-0.39, 0.29) is 18.1 Å². The Kier molecular flexibility index (Phi) is 5.36. The van der Waals surface area contributed by atoms with Gasteiger partial charge in [0, 0.05) is 31.2 Å². The summed E-state index contributed by atoms with van der Waals surface area (Å²) in [7, 11) is 0. The molecule has 1 saturated heterocycles. The van der Waals surface area contributed by atoms with E-state index in [0.717, 1.165) is 11.1 Å². The number of nitrogens with zero attached hydrogens (tertiary/aromatic N) is 1. The first-order chi connectivity index (χ1) is 11.5. The second-order valence-electron chi connectivity index (χ2n) is 6.77. The molecule has 130 valence electrons. The summed E-state index contributed by atoms with van der Waals surface area (Å²) in [5.41, 5.74) is 1.83. The van der Waals surface area contributed by atoms with Gasteiger partial charge in [0.1, 0.15) is 0 Å². The van der Waals surface area contributed by atoms with Gasteiger partial charge in [-0.2, -0.15) is 0 Å². The van der Waals surface area contributed by atoms with Crippen molar-refractivity contribution in [2.75, 3.05) is 13.1 Å². The second kappa shape index (κ2) is 7.49. The summed E-state index contributed by atoms with van der Waals surface area (Å²) in [6, 6.07) is 8.30. The maximum atomic E-state index is 12.6. The van der Waals surface area contributed by atoms with Crippen LogP contribution in [0.3, 0.4) is 0 Å². The standard InChI is InChI=1S/C18H25N3O2S/c1-12-10-21(11-13(2)23-12)17(22)15-5-3-14(4-6-15)9-19-18(24)20-16-7-8-16/h3-6,12-13,16H,7-11H2,1-2H3,(H2,19,20,24)/t12-,13-/m1/s1. The van der Waals surface area contributed by atoms with Gasteiger partial charge >= 0.3 is 0 Å². The lowest BCUT2D eigenvalue weighted by Crippen LogP contribution is -2.48. The van der Waals surface area contributed by atoms with Crippen molar-refractivity contribution in [3.8, 4) is 0 Å². The highest BCUT2D eigenvalue weighted by Crippen LogP contribution is 2.18. The van der Waals surface area contributed by atoms with Crippen molar-refractivity contribution in [3.05, 3.63) is 35.4 Å². The zero-order chi connectivity index (χ0) is 17.1. The molecule has 0 unspecified atom stereocenters. The highest BCUT2D eigenvalue weighted by molar-refractivity contribution is 7.80. The maximum absolute atomic E-state index is 12.6. The topological polar surface area (TPSA) is 53.6 Å². The Labute approximate surface area is 148 Å². The van der Waals surface area contributed by atoms with Crippen LogP contribution >= 0.6 is 12.2 Å². The Morgan fingerprint density at radius 3 is 2.42 bits per heavy atom. The van der Waals surface area contributed by atoms with E-state index < -0.39 is 0 Å². The predicted molar refractivity (Wildman–Crippen MR) is 97.9 cm³/mol. The molecule has 2 atom stereocenters. The lowest BCUT2D eigenvalue weighted by Gasteiger charge is -2.35. The lowest BCUT2D eigenvalue weighted by molar-refractivity contribution is -0.0586. The third kappa shape index (κ3) is 4.68. The van der Waals surface area contributed by atoms with Crippen molar-refractivity contribution in [1.82, 2.24) is 15.5 Å². The number of morpholine rings is 1. The minimum atomic E-state index is 0.0717. The SMILES string of the molecule is C[C@@H]1CN(C(=O)c2ccc(CNC(=S)NC3CC3)cc2)C[C@@H](C)O1. The van der Waals surface area contributed by atoms with E-state index in [1.165, 1.54) is 12.8 Å². The Hall–Kier alpha value is -1.66. The molecule has 0 aromatic heterocycles. The first kappa shape index (κ1) is 17.2. The van der Waals surface area contributed by atoms with Gasteiger partial charge in [0.25, 0.3) is 5.91 Å². The summed E-state index contributed by atoms with van der Waals surface area (Å²) >= 11 is 5.25. The van der Waals surface area contributed by atoms with Gasteiger partial charge in [0.15, 0.2) is 5.11 Å². The largest absolute Gasteiger partial charge is 0.372 e. The Morgan fingerprint density at radius 2 is 1.83 bits per heavy atom. The van der Waals surface area contributed by atoms with Crippen molar-refractivity contribution >= 4 is 23.2 Å². The number of nitrogens with one attached hydrogen (secondary N) is 2. The fourth-order valence-electron chi connectivity index (χ4n) is 2.94. The summed E-state index contributed by atoms with van der Waals surface area (Å²) in [4.78, 5) is 14.5. The molecular weight excluding hydrogens is 322 g/mol. The van der Waals surface area contributed by atoms with Gasteiger partial charge in [-0.05, 0) is 56.6 Å². The number of rotatable bonds is 4. The molecule has 1 aromatic rings. The van der Waals surface area contributed by atoms with Crippen LogP contribution in [0.15, 0.2) is 24.3 Å². The molecule has 24 heavy (non-hydrogen) atoms. The van der Waals surface area contributed by atoms with Crippen molar-refractivity contribution in [2.24, 2.45) is 0 Å². The summed E-state index contributed by atoms with van der Waals surface area (Å²) in [6.45, 7) is 5.96. The molecule has 2 N–H and O–H groups in total. The molecule has 0 spiro atoms. The Balaban J connectivity index is 1.53. The summed E-state index contributed by atoms with van der Waals surface area (Å²) in [5, 5.41) is 7.16. The van der Waals surface area contributed by atoms with Gasteiger partial charge in [-0.3, -0.25) is 4.79 Å².